The number of aliphatic hydroxyl groups is 5. The second kappa shape index (κ2) is 19.4. The number of hydrogen-bond donors (Lipinski definition) is 8. The third-order valence-electron chi connectivity index (χ3n) is 20.2. The maximum Gasteiger partial charge on any atom is 0.306 e. The van der Waals surface area contributed by atoms with Crippen molar-refractivity contribution in [1.29, 1.82) is 0 Å². The number of guanidine groups is 1. The molecular formula is C55H84N4O9. The minimum absolute atomic E-state index is 0.00862. The number of rotatable bonds is 11. The number of ketones is 2. The fourth-order valence-electron chi connectivity index (χ4n) is 16.9. The van der Waals surface area contributed by atoms with Gasteiger partial charge < -0.3 is 47.1 Å². The molecule has 13 heteroatoms. The van der Waals surface area contributed by atoms with Crippen LogP contribution in [0.1, 0.15) is 157 Å². The van der Waals surface area contributed by atoms with Gasteiger partial charge in [0.25, 0.3) is 0 Å². The highest BCUT2D eigenvalue weighted by Gasteiger charge is 2.76. The molecule has 0 spiro atoms. The molecule has 0 radical (unpaired) electrons. The summed E-state index contributed by atoms with van der Waals surface area (Å²) in [5, 5.41) is 66.9. The van der Waals surface area contributed by atoms with Crippen LogP contribution < -0.4 is 16.8 Å². The zero-order valence-corrected chi connectivity index (χ0v) is 41.9. The van der Waals surface area contributed by atoms with Gasteiger partial charge in [0, 0.05) is 41.5 Å². The highest BCUT2D eigenvalue weighted by Crippen LogP contribution is 2.74. The molecule has 13 nitrogen and oxygen atoms in total. The van der Waals surface area contributed by atoms with E-state index in [-0.39, 0.29) is 104 Å². The molecule has 10 N–H and O–H groups in total. The SMILES string of the molecule is CCCCCC12CC(O)C(O)CC1(C)C1CCC3(CCN=C(N)N)C4C(CC#CC(C5COC(=O)C5)CC5C6CC(C)CCC6=CCC5C(C)CC(O)C4(C)O)CC3(O)C1=C(NCC(C)=O)C2=O. The summed E-state index contributed by atoms with van der Waals surface area (Å²) in [5.74, 6) is 6.21. The first kappa shape index (κ1) is 51.1. The molecule has 5 fully saturated rings. The number of nitrogens with two attached hydrogens (primary N) is 2. The predicted molar refractivity (Wildman–Crippen MR) is 260 cm³/mol. The molecular weight excluding hydrogens is 861 g/mol. The van der Waals surface area contributed by atoms with Gasteiger partial charge in [0.1, 0.15) is 5.78 Å². The van der Waals surface area contributed by atoms with Gasteiger partial charge in [0.05, 0.1) is 54.8 Å². The fourth-order valence-corrected chi connectivity index (χ4v) is 16.9. The molecule has 18 atom stereocenters. The summed E-state index contributed by atoms with van der Waals surface area (Å²) in [6.45, 7) is 12.2. The van der Waals surface area contributed by atoms with E-state index in [9.17, 15) is 35.1 Å². The average Bonchev–Trinajstić information content (AvgIpc) is 3.82. The van der Waals surface area contributed by atoms with Crippen molar-refractivity contribution >= 4 is 23.5 Å². The van der Waals surface area contributed by atoms with E-state index in [2.05, 4.69) is 55.9 Å². The van der Waals surface area contributed by atoms with Gasteiger partial charge in [-0.15, -0.1) is 5.92 Å². The Morgan fingerprint density at radius 2 is 1.72 bits per heavy atom. The molecule has 0 aromatic rings. The number of nitrogens with one attached hydrogen (secondary N) is 1. The Bertz CT molecular complexity index is 2100. The maximum absolute atomic E-state index is 15.8. The lowest BCUT2D eigenvalue weighted by Gasteiger charge is -2.66. The second-order valence-corrected chi connectivity index (χ2v) is 24.1. The maximum atomic E-state index is 15.8. The number of unbranched alkanes of at least 4 members (excludes halogenated alkanes) is 2. The Kier molecular flexibility index (Phi) is 14.6. The lowest BCUT2D eigenvalue weighted by Crippen LogP contribution is -2.68. The number of Topliss-reactive ketones (excluding diaryl/α,β-unsaturated/α-hetero) is 2. The van der Waals surface area contributed by atoms with Crippen LogP contribution in [0.4, 0.5) is 0 Å². The third-order valence-corrected chi connectivity index (χ3v) is 20.2. The molecule has 378 valence electrons. The molecule has 0 aromatic heterocycles. The summed E-state index contributed by atoms with van der Waals surface area (Å²) in [5.41, 5.74) is 7.48. The van der Waals surface area contributed by atoms with Gasteiger partial charge in [-0.1, -0.05) is 64.5 Å². The van der Waals surface area contributed by atoms with Crippen molar-refractivity contribution in [3.8, 4) is 11.8 Å². The van der Waals surface area contributed by atoms with Gasteiger partial charge in [-0.05, 0) is 150 Å². The number of hydrogen-bond acceptors (Lipinski definition) is 11. The molecule has 68 heavy (non-hydrogen) atoms. The van der Waals surface area contributed by atoms with E-state index in [1.807, 2.05) is 0 Å². The van der Waals surface area contributed by atoms with Crippen LogP contribution in [0.15, 0.2) is 27.9 Å². The van der Waals surface area contributed by atoms with Crippen molar-refractivity contribution in [2.75, 3.05) is 19.7 Å². The first-order valence-corrected chi connectivity index (χ1v) is 26.5. The van der Waals surface area contributed by atoms with Crippen LogP contribution in [0, 0.1) is 87.3 Å². The van der Waals surface area contributed by atoms with Crippen molar-refractivity contribution in [3.63, 3.8) is 0 Å². The number of esters is 1. The smallest absolute Gasteiger partial charge is 0.306 e. The highest BCUT2D eigenvalue weighted by atomic mass is 16.5. The monoisotopic (exact) mass is 945 g/mol. The number of aliphatic hydroxyl groups excluding tert-OH is 3. The lowest BCUT2D eigenvalue weighted by molar-refractivity contribution is -0.201. The summed E-state index contributed by atoms with van der Waals surface area (Å²) in [6.07, 6.45) is 9.45. The van der Waals surface area contributed by atoms with Crippen molar-refractivity contribution in [1.82, 2.24) is 5.32 Å². The number of cyclic esters (lactones) is 1. The molecule has 1 heterocycles. The zero-order chi connectivity index (χ0) is 49.1. The molecule has 1 aliphatic heterocycles. The fraction of sp³-hybridized carbons (Fsp3) is 0.818. The summed E-state index contributed by atoms with van der Waals surface area (Å²) < 4.78 is 5.61. The topological polar surface area (TPSA) is 238 Å². The number of allylic oxidation sites excluding steroid dienone is 3. The molecule has 7 aliphatic carbocycles. The van der Waals surface area contributed by atoms with Crippen molar-refractivity contribution in [3.05, 3.63) is 22.9 Å². The van der Waals surface area contributed by atoms with Crippen LogP contribution in [0.5, 0.6) is 0 Å². The Labute approximate surface area is 405 Å². The van der Waals surface area contributed by atoms with Crippen LogP contribution >= 0.6 is 0 Å². The van der Waals surface area contributed by atoms with Crippen molar-refractivity contribution in [2.45, 2.75) is 187 Å². The molecule has 8 aliphatic rings. The molecule has 0 bridgehead atoms. The summed E-state index contributed by atoms with van der Waals surface area (Å²) in [7, 11) is 0. The van der Waals surface area contributed by atoms with Crippen LogP contribution in [0.25, 0.3) is 0 Å². The van der Waals surface area contributed by atoms with Gasteiger partial charge in [-0.2, -0.15) is 0 Å². The highest BCUT2D eigenvalue weighted by molar-refractivity contribution is 6.03. The Morgan fingerprint density at radius 1 is 0.971 bits per heavy atom. The molecule has 0 amide bonds. The number of carbonyl (C=O) groups is 3. The van der Waals surface area contributed by atoms with Crippen LogP contribution in [0.2, 0.25) is 0 Å². The second-order valence-electron chi connectivity index (χ2n) is 24.1. The minimum Gasteiger partial charge on any atom is -0.465 e. The van der Waals surface area contributed by atoms with E-state index >= 15 is 4.79 Å². The molecule has 1 saturated heterocycles. The Hall–Kier alpha value is -3.28. The number of aliphatic imine (C=N–C) groups is 1. The Morgan fingerprint density at radius 3 is 2.41 bits per heavy atom. The standard InChI is InChI=1S/C55H84N4O9/c1-7-8-9-18-54-28-43(62)42(61)27-51(54,5)41-17-19-53(20-21-58-50(56)57)48-36(26-55(53,67)46(41)47(49(54)65)59-29-33(4)60)12-10-11-35(37-25-45(64)68-30-37)24-40-38(32(3)23-44(63)52(48,6)66)16-15-34-14-13-31(2)22-39(34)40/h15,31-32,35-44,48,59,61-63,66-67H,7-9,12-14,16-30H2,1-6H3,(H4,56,57,58). The van der Waals surface area contributed by atoms with Crippen LogP contribution in [0.3, 0.4) is 0 Å². The van der Waals surface area contributed by atoms with Gasteiger partial charge in [-0.25, -0.2) is 0 Å². The van der Waals surface area contributed by atoms with Crippen molar-refractivity contribution in [2.24, 2.45) is 91.9 Å². The Balaban J connectivity index is 1.31. The number of nitrogens with zero attached hydrogens (tertiary/aromatic N) is 1. The van der Waals surface area contributed by atoms with Gasteiger partial charge >= 0.3 is 5.97 Å². The average molecular weight is 945 g/mol. The quantitative estimate of drug-likeness (QED) is 0.0314. The molecule has 4 saturated carbocycles. The van der Waals surface area contributed by atoms with Crippen LogP contribution in [-0.4, -0.2) is 98.2 Å². The van der Waals surface area contributed by atoms with Gasteiger partial charge in [0.2, 0.25) is 0 Å². The number of carbonyl (C=O) groups excluding carboxylic acids is 3. The van der Waals surface area contributed by atoms with Crippen molar-refractivity contribution < 1.29 is 44.7 Å². The normalized spacial score (nSPS) is 45.7. The summed E-state index contributed by atoms with van der Waals surface area (Å²) >= 11 is 0. The molecule has 8 rings (SSSR count). The minimum atomic E-state index is -1.79. The van der Waals surface area contributed by atoms with E-state index < -0.39 is 63.5 Å². The molecule has 0 aromatic carbocycles. The van der Waals surface area contributed by atoms with E-state index in [4.69, 9.17) is 16.2 Å². The van der Waals surface area contributed by atoms with E-state index in [0.717, 1.165) is 44.9 Å². The summed E-state index contributed by atoms with van der Waals surface area (Å²) in [6, 6.07) is 0. The van der Waals surface area contributed by atoms with E-state index in [1.54, 1.807) is 6.92 Å². The predicted octanol–water partition coefficient (Wildman–Crippen LogP) is 5.63. The molecule has 18 unspecified atom stereocenters. The lowest BCUT2D eigenvalue weighted by atomic mass is 9.39. The van der Waals surface area contributed by atoms with Gasteiger partial charge in [-0.3, -0.25) is 19.4 Å². The number of ether oxygens (including phenoxy) is 1. The largest absolute Gasteiger partial charge is 0.465 e. The van der Waals surface area contributed by atoms with E-state index in [0.29, 0.717) is 56.1 Å². The zero-order valence-electron chi connectivity index (χ0n) is 41.9. The summed E-state index contributed by atoms with van der Waals surface area (Å²) in [4.78, 5) is 45.9. The first-order chi connectivity index (χ1) is 32.1. The van der Waals surface area contributed by atoms with E-state index in [1.165, 1.54) is 18.9 Å². The third kappa shape index (κ3) is 8.60. The van der Waals surface area contributed by atoms with Gasteiger partial charge in [0.15, 0.2) is 11.7 Å². The first-order valence-electron chi connectivity index (χ1n) is 26.5. The van der Waals surface area contributed by atoms with Crippen LogP contribution in [-0.2, 0) is 19.1 Å². The number of fused-ring (bicyclic) bond motifs is 10.